The molecule has 1 N–H and O–H groups in total. The Morgan fingerprint density at radius 3 is 2.78 bits per heavy atom. The highest BCUT2D eigenvalue weighted by atomic mass is 19.1. The van der Waals surface area contributed by atoms with Crippen LogP contribution in [-0.4, -0.2) is 25.3 Å². The summed E-state index contributed by atoms with van der Waals surface area (Å²) in [7, 11) is 0. The normalized spacial score (nSPS) is 11.8. The first-order valence-corrected chi connectivity index (χ1v) is 5.70. The van der Waals surface area contributed by atoms with E-state index in [1.165, 1.54) is 23.3 Å². The molecule has 2 heterocycles. The molecule has 0 bridgehead atoms. The van der Waals surface area contributed by atoms with Gasteiger partial charge in [-0.3, -0.25) is 0 Å². The van der Waals surface area contributed by atoms with Gasteiger partial charge in [0.15, 0.2) is 5.82 Å². The van der Waals surface area contributed by atoms with E-state index >= 15 is 0 Å². The van der Waals surface area contributed by atoms with E-state index in [0.29, 0.717) is 12.4 Å². The zero-order valence-electron chi connectivity index (χ0n) is 10.7. The van der Waals surface area contributed by atoms with Crippen molar-refractivity contribution in [3.05, 3.63) is 36.3 Å². The number of hydrogen-bond donors (Lipinski definition) is 1. The summed E-state index contributed by atoms with van der Waals surface area (Å²) in [4.78, 5) is 7.94. The highest BCUT2D eigenvalue weighted by Crippen LogP contribution is 2.13. The maximum atomic E-state index is 13.3. The Kier molecular flexibility index (Phi) is 3.38. The molecule has 6 heteroatoms. The fourth-order valence-electron chi connectivity index (χ4n) is 1.49. The number of nitrogens with zero attached hydrogens (tertiary/aromatic N) is 4. The summed E-state index contributed by atoms with van der Waals surface area (Å²) in [6, 6.07) is 1.46. The van der Waals surface area contributed by atoms with Crippen LogP contribution >= 0.6 is 0 Å². The summed E-state index contributed by atoms with van der Waals surface area (Å²) >= 11 is 0. The minimum atomic E-state index is -0.357. The van der Waals surface area contributed by atoms with Crippen LogP contribution in [0.25, 0.3) is 5.82 Å². The Bertz CT molecular complexity index is 516. The third-order valence-corrected chi connectivity index (χ3v) is 2.35. The van der Waals surface area contributed by atoms with Gasteiger partial charge in [0.1, 0.15) is 18.5 Å². The molecule has 5 nitrogen and oxygen atoms in total. The SMILES string of the molecule is CC(C)(C)NCc1cc(F)cnc1-n1cncn1. The number of rotatable bonds is 3. The first-order valence-electron chi connectivity index (χ1n) is 5.70. The molecule has 0 amide bonds. The van der Waals surface area contributed by atoms with Crippen LogP contribution in [0.1, 0.15) is 26.3 Å². The Balaban J connectivity index is 2.30. The summed E-state index contributed by atoms with van der Waals surface area (Å²) in [6.45, 7) is 6.67. The lowest BCUT2D eigenvalue weighted by atomic mass is 10.1. The standard InChI is InChI=1S/C12H16FN5/c1-12(2,3)16-5-9-4-10(13)6-15-11(9)18-8-14-7-17-18/h4,6-8,16H,5H2,1-3H3. The van der Waals surface area contributed by atoms with E-state index in [4.69, 9.17) is 0 Å². The van der Waals surface area contributed by atoms with Crippen molar-refractivity contribution in [1.82, 2.24) is 25.1 Å². The van der Waals surface area contributed by atoms with Gasteiger partial charge in [-0.2, -0.15) is 5.10 Å². The van der Waals surface area contributed by atoms with Crippen molar-refractivity contribution in [3.63, 3.8) is 0 Å². The predicted octanol–water partition coefficient (Wildman–Crippen LogP) is 1.69. The van der Waals surface area contributed by atoms with Crippen molar-refractivity contribution < 1.29 is 4.39 Å². The van der Waals surface area contributed by atoms with E-state index in [-0.39, 0.29) is 11.4 Å². The molecule has 0 saturated heterocycles. The van der Waals surface area contributed by atoms with Gasteiger partial charge in [-0.25, -0.2) is 19.0 Å². The van der Waals surface area contributed by atoms with E-state index in [1.54, 1.807) is 6.33 Å². The number of halogens is 1. The van der Waals surface area contributed by atoms with E-state index in [0.717, 1.165) is 5.56 Å². The summed E-state index contributed by atoms with van der Waals surface area (Å²) < 4.78 is 14.8. The molecule has 2 rings (SSSR count). The minimum Gasteiger partial charge on any atom is -0.308 e. The second kappa shape index (κ2) is 4.81. The summed E-state index contributed by atoms with van der Waals surface area (Å²) in [5.74, 6) is 0.232. The van der Waals surface area contributed by atoms with Gasteiger partial charge in [-0.1, -0.05) is 0 Å². The topological polar surface area (TPSA) is 55.6 Å². The quantitative estimate of drug-likeness (QED) is 0.899. The average Bonchev–Trinajstić information content (AvgIpc) is 2.79. The van der Waals surface area contributed by atoms with Gasteiger partial charge in [-0.15, -0.1) is 0 Å². The Morgan fingerprint density at radius 2 is 2.17 bits per heavy atom. The molecule has 0 aliphatic carbocycles. The zero-order valence-corrected chi connectivity index (χ0v) is 10.7. The van der Waals surface area contributed by atoms with Gasteiger partial charge in [0.05, 0.1) is 6.20 Å². The molecule has 18 heavy (non-hydrogen) atoms. The molecule has 0 aromatic carbocycles. The molecule has 0 saturated carbocycles. The van der Waals surface area contributed by atoms with Crippen LogP contribution in [-0.2, 0) is 6.54 Å². The Labute approximate surface area is 105 Å². The second-order valence-corrected chi connectivity index (χ2v) is 5.08. The van der Waals surface area contributed by atoms with E-state index < -0.39 is 0 Å². The largest absolute Gasteiger partial charge is 0.308 e. The number of aromatic nitrogens is 4. The van der Waals surface area contributed by atoms with Gasteiger partial charge in [0.2, 0.25) is 0 Å². The molecule has 0 unspecified atom stereocenters. The van der Waals surface area contributed by atoms with Crippen LogP contribution in [0.3, 0.4) is 0 Å². The molecule has 96 valence electrons. The first kappa shape index (κ1) is 12.6. The lowest BCUT2D eigenvalue weighted by Gasteiger charge is -2.21. The maximum absolute atomic E-state index is 13.3. The second-order valence-electron chi connectivity index (χ2n) is 5.08. The first-order chi connectivity index (χ1) is 8.46. The molecule has 0 radical (unpaired) electrons. The zero-order chi connectivity index (χ0) is 13.2. The lowest BCUT2D eigenvalue weighted by Crippen LogP contribution is -2.35. The van der Waals surface area contributed by atoms with Crippen LogP contribution in [0.4, 0.5) is 4.39 Å². The highest BCUT2D eigenvalue weighted by molar-refractivity contribution is 5.32. The fraction of sp³-hybridized carbons (Fsp3) is 0.417. The predicted molar refractivity (Wildman–Crippen MR) is 65.7 cm³/mol. The highest BCUT2D eigenvalue weighted by Gasteiger charge is 2.13. The van der Waals surface area contributed by atoms with Gasteiger partial charge >= 0.3 is 0 Å². The van der Waals surface area contributed by atoms with Crippen LogP contribution in [0.5, 0.6) is 0 Å². The summed E-state index contributed by atoms with van der Waals surface area (Å²) in [6.07, 6.45) is 4.14. The number of pyridine rings is 1. The fourth-order valence-corrected chi connectivity index (χ4v) is 1.49. The van der Waals surface area contributed by atoms with Gasteiger partial charge in [0.25, 0.3) is 0 Å². The number of hydrogen-bond acceptors (Lipinski definition) is 4. The number of nitrogens with one attached hydrogen (secondary N) is 1. The molecule has 0 aliphatic heterocycles. The Morgan fingerprint density at radius 1 is 1.39 bits per heavy atom. The van der Waals surface area contributed by atoms with Crippen molar-refractivity contribution in [1.29, 1.82) is 0 Å². The van der Waals surface area contributed by atoms with Crippen molar-refractivity contribution in [2.45, 2.75) is 32.9 Å². The average molecular weight is 249 g/mol. The van der Waals surface area contributed by atoms with Gasteiger partial charge in [0, 0.05) is 17.6 Å². The molecule has 0 spiro atoms. The van der Waals surface area contributed by atoms with Crippen molar-refractivity contribution in [3.8, 4) is 5.82 Å². The lowest BCUT2D eigenvalue weighted by molar-refractivity contribution is 0.422. The molecular weight excluding hydrogens is 233 g/mol. The van der Waals surface area contributed by atoms with Crippen LogP contribution in [0.15, 0.2) is 24.9 Å². The van der Waals surface area contributed by atoms with Crippen LogP contribution in [0, 0.1) is 5.82 Å². The van der Waals surface area contributed by atoms with Crippen molar-refractivity contribution in [2.75, 3.05) is 0 Å². The van der Waals surface area contributed by atoms with Crippen molar-refractivity contribution >= 4 is 0 Å². The molecule has 2 aromatic rings. The van der Waals surface area contributed by atoms with Crippen LogP contribution in [0.2, 0.25) is 0 Å². The molecular formula is C12H16FN5. The Hall–Kier alpha value is -1.82. The summed E-state index contributed by atoms with van der Waals surface area (Å²) in [5, 5.41) is 7.31. The van der Waals surface area contributed by atoms with Gasteiger partial charge in [-0.05, 0) is 26.8 Å². The summed E-state index contributed by atoms with van der Waals surface area (Å²) in [5.41, 5.74) is 0.696. The van der Waals surface area contributed by atoms with Gasteiger partial charge < -0.3 is 5.32 Å². The van der Waals surface area contributed by atoms with E-state index in [2.05, 4.69) is 41.2 Å². The smallest absolute Gasteiger partial charge is 0.159 e. The third-order valence-electron chi connectivity index (χ3n) is 2.35. The van der Waals surface area contributed by atoms with Crippen molar-refractivity contribution in [2.24, 2.45) is 0 Å². The monoisotopic (exact) mass is 249 g/mol. The maximum Gasteiger partial charge on any atom is 0.159 e. The molecule has 0 aliphatic rings. The van der Waals surface area contributed by atoms with Crippen LogP contribution < -0.4 is 5.32 Å². The molecule has 0 atom stereocenters. The van der Waals surface area contributed by atoms with E-state index in [9.17, 15) is 4.39 Å². The minimum absolute atomic E-state index is 0.0496. The van der Waals surface area contributed by atoms with E-state index in [1.807, 2.05) is 0 Å². The molecule has 0 fully saturated rings. The molecule has 2 aromatic heterocycles. The third kappa shape index (κ3) is 3.10.